The van der Waals surface area contributed by atoms with Gasteiger partial charge in [-0.15, -0.1) is 0 Å². The minimum Gasteiger partial charge on any atom is -0.468 e. The average molecular weight is 225 g/mol. The fourth-order valence-electron chi connectivity index (χ4n) is 1.57. The van der Waals surface area contributed by atoms with Crippen LogP contribution in [0.4, 0.5) is 5.95 Å². The Morgan fingerprint density at radius 2 is 2.31 bits per heavy atom. The lowest BCUT2D eigenvalue weighted by Crippen LogP contribution is -2.33. The second-order valence-electron chi connectivity index (χ2n) is 3.51. The monoisotopic (exact) mass is 225 g/mol. The van der Waals surface area contributed by atoms with Crippen LogP contribution in [0.5, 0.6) is 0 Å². The Morgan fingerprint density at radius 1 is 1.56 bits per heavy atom. The molecule has 0 bridgehead atoms. The first kappa shape index (κ1) is 12.5. The molecule has 5 nitrogen and oxygen atoms in total. The first-order valence-corrected chi connectivity index (χ1v) is 5.55. The van der Waals surface area contributed by atoms with Gasteiger partial charge in [0.05, 0.1) is 7.11 Å². The van der Waals surface area contributed by atoms with Gasteiger partial charge in [0.15, 0.2) is 0 Å². The van der Waals surface area contributed by atoms with Crippen LogP contribution >= 0.6 is 0 Å². The lowest BCUT2D eigenvalue weighted by atomic mass is 10.4. The summed E-state index contributed by atoms with van der Waals surface area (Å²) in [6.07, 6.45) is 4.63. The van der Waals surface area contributed by atoms with Crippen LogP contribution in [0.2, 0.25) is 0 Å². The van der Waals surface area contributed by atoms with Gasteiger partial charge < -0.3 is 14.2 Å². The highest BCUT2D eigenvalue weighted by atomic mass is 16.5. The van der Waals surface area contributed by atoms with Crippen LogP contribution in [-0.4, -0.2) is 35.7 Å². The summed E-state index contributed by atoms with van der Waals surface area (Å²) in [7, 11) is 1.40. The molecule has 5 heteroatoms. The number of methoxy groups -OCH3 is 1. The Kier molecular flexibility index (Phi) is 4.82. The fourth-order valence-corrected chi connectivity index (χ4v) is 1.57. The first-order chi connectivity index (χ1) is 7.72. The number of rotatable bonds is 6. The van der Waals surface area contributed by atoms with Gasteiger partial charge in [0.2, 0.25) is 5.95 Å². The summed E-state index contributed by atoms with van der Waals surface area (Å²) in [4.78, 5) is 17.5. The van der Waals surface area contributed by atoms with Crippen LogP contribution in [0, 0.1) is 0 Å². The maximum absolute atomic E-state index is 11.3. The molecule has 0 unspecified atom stereocenters. The number of anilines is 1. The lowest BCUT2D eigenvalue weighted by molar-refractivity contribution is -0.139. The molecule has 16 heavy (non-hydrogen) atoms. The molecule has 0 radical (unpaired) electrons. The predicted octanol–water partition coefficient (Wildman–Crippen LogP) is 1.29. The number of carbonyl (C=O) groups is 1. The normalized spacial score (nSPS) is 10.2. The predicted molar refractivity (Wildman–Crippen MR) is 62.4 cm³/mol. The van der Waals surface area contributed by atoms with Crippen molar-refractivity contribution in [2.75, 3.05) is 25.1 Å². The van der Waals surface area contributed by atoms with Crippen molar-refractivity contribution in [3.63, 3.8) is 0 Å². The van der Waals surface area contributed by atoms with Gasteiger partial charge in [-0.2, -0.15) is 0 Å². The van der Waals surface area contributed by atoms with Crippen molar-refractivity contribution in [2.24, 2.45) is 0 Å². The van der Waals surface area contributed by atoms with Gasteiger partial charge in [0.1, 0.15) is 6.54 Å². The SMILES string of the molecule is CCCN(CC(=O)OC)c1nccn1CC. The summed E-state index contributed by atoms with van der Waals surface area (Å²) in [5.74, 6) is 0.592. The molecule has 0 saturated heterocycles. The summed E-state index contributed by atoms with van der Waals surface area (Å²) in [5.41, 5.74) is 0. The van der Waals surface area contributed by atoms with Crippen molar-refractivity contribution < 1.29 is 9.53 Å². The number of ether oxygens (including phenoxy) is 1. The van der Waals surface area contributed by atoms with Gasteiger partial charge in [-0.3, -0.25) is 4.79 Å². The Bertz CT molecular complexity index is 336. The molecule has 0 aliphatic rings. The zero-order valence-electron chi connectivity index (χ0n) is 10.1. The van der Waals surface area contributed by atoms with E-state index in [2.05, 4.69) is 16.6 Å². The van der Waals surface area contributed by atoms with Crippen LogP contribution in [0.15, 0.2) is 12.4 Å². The molecule has 0 amide bonds. The van der Waals surface area contributed by atoms with Crippen molar-refractivity contribution in [1.29, 1.82) is 0 Å². The number of nitrogens with zero attached hydrogens (tertiary/aromatic N) is 3. The Balaban J connectivity index is 2.80. The van der Waals surface area contributed by atoms with Crippen molar-refractivity contribution in [3.05, 3.63) is 12.4 Å². The summed E-state index contributed by atoms with van der Waals surface area (Å²) in [5, 5.41) is 0. The summed E-state index contributed by atoms with van der Waals surface area (Å²) >= 11 is 0. The van der Waals surface area contributed by atoms with Crippen molar-refractivity contribution in [2.45, 2.75) is 26.8 Å². The van der Waals surface area contributed by atoms with Crippen molar-refractivity contribution in [1.82, 2.24) is 9.55 Å². The van der Waals surface area contributed by atoms with Gasteiger partial charge in [0, 0.05) is 25.5 Å². The highest BCUT2D eigenvalue weighted by Gasteiger charge is 2.15. The van der Waals surface area contributed by atoms with Crippen molar-refractivity contribution in [3.8, 4) is 0 Å². The highest BCUT2D eigenvalue weighted by Crippen LogP contribution is 2.11. The zero-order valence-corrected chi connectivity index (χ0v) is 10.1. The molecule has 1 rings (SSSR count). The smallest absolute Gasteiger partial charge is 0.325 e. The van der Waals surface area contributed by atoms with Gasteiger partial charge in [-0.05, 0) is 13.3 Å². The Hall–Kier alpha value is -1.52. The Morgan fingerprint density at radius 3 is 2.88 bits per heavy atom. The van der Waals surface area contributed by atoms with E-state index >= 15 is 0 Å². The number of imidazole rings is 1. The standard InChI is InChI=1S/C11H19N3O2/c1-4-7-14(9-10(15)16-3)11-12-6-8-13(11)5-2/h6,8H,4-5,7,9H2,1-3H3. The third kappa shape index (κ3) is 2.98. The fraction of sp³-hybridized carbons (Fsp3) is 0.636. The number of carbonyl (C=O) groups excluding carboxylic acids is 1. The number of hydrogen-bond acceptors (Lipinski definition) is 4. The number of esters is 1. The third-order valence-corrected chi connectivity index (χ3v) is 2.36. The van der Waals surface area contributed by atoms with E-state index < -0.39 is 0 Å². The van der Waals surface area contributed by atoms with E-state index in [0.717, 1.165) is 25.5 Å². The van der Waals surface area contributed by atoms with Gasteiger partial charge in [0.25, 0.3) is 0 Å². The molecule has 0 N–H and O–H groups in total. The summed E-state index contributed by atoms with van der Waals surface area (Å²) < 4.78 is 6.69. The quantitative estimate of drug-likeness (QED) is 0.684. The van der Waals surface area contributed by atoms with E-state index in [-0.39, 0.29) is 12.5 Å². The zero-order chi connectivity index (χ0) is 12.0. The molecule has 0 aliphatic carbocycles. The van der Waals surface area contributed by atoms with Crippen molar-refractivity contribution >= 4 is 11.9 Å². The van der Waals surface area contributed by atoms with E-state index in [1.54, 1.807) is 6.20 Å². The van der Waals surface area contributed by atoms with Gasteiger partial charge in [-0.1, -0.05) is 6.92 Å². The molecule has 0 fully saturated rings. The van der Waals surface area contributed by atoms with E-state index in [0.29, 0.717) is 0 Å². The molecule has 1 heterocycles. The lowest BCUT2D eigenvalue weighted by Gasteiger charge is -2.22. The van der Waals surface area contributed by atoms with E-state index in [1.165, 1.54) is 7.11 Å². The number of hydrogen-bond donors (Lipinski definition) is 0. The number of aromatic nitrogens is 2. The van der Waals surface area contributed by atoms with E-state index in [4.69, 9.17) is 0 Å². The second-order valence-corrected chi connectivity index (χ2v) is 3.51. The second kappa shape index (κ2) is 6.15. The molecule has 0 saturated carbocycles. The summed E-state index contributed by atoms with van der Waals surface area (Å²) in [6, 6.07) is 0. The topological polar surface area (TPSA) is 47.4 Å². The van der Waals surface area contributed by atoms with Gasteiger partial charge in [-0.25, -0.2) is 4.98 Å². The van der Waals surface area contributed by atoms with Gasteiger partial charge >= 0.3 is 5.97 Å². The molecule has 90 valence electrons. The summed E-state index contributed by atoms with van der Waals surface area (Å²) in [6.45, 7) is 6.02. The molecule has 0 aliphatic heterocycles. The van der Waals surface area contributed by atoms with Crippen LogP contribution in [-0.2, 0) is 16.1 Å². The van der Waals surface area contributed by atoms with E-state index in [9.17, 15) is 4.79 Å². The maximum Gasteiger partial charge on any atom is 0.325 e. The largest absolute Gasteiger partial charge is 0.468 e. The minimum atomic E-state index is -0.237. The van der Waals surface area contributed by atoms with Crippen LogP contribution in [0.25, 0.3) is 0 Å². The molecular formula is C11H19N3O2. The number of aryl methyl sites for hydroxylation is 1. The molecule has 0 spiro atoms. The maximum atomic E-state index is 11.3. The average Bonchev–Trinajstić information content (AvgIpc) is 2.76. The molecule has 0 aromatic carbocycles. The molecule has 1 aromatic heterocycles. The third-order valence-electron chi connectivity index (χ3n) is 2.36. The molecular weight excluding hydrogens is 206 g/mol. The molecule has 1 aromatic rings. The Labute approximate surface area is 96.0 Å². The molecule has 0 atom stereocenters. The minimum absolute atomic E-state index is 0.237. The first-order valence-electron chi connectivity index (χ1n) is 5.55. The van der Waals surface area contributed by atoms with E-state index in [1.807, 2.05) is 22.6 Å². The van der Waals surface area contributed by atoms with Crippen LogP contribution in [0.1, 0.15) is 20.3 Å². The van der Waals surface area contributed by atoms with Crippen LogP contribution < -0.4 is 4.90 Å². The van der Waals surface area contributed by atoms with Crippen LogP contribution in [0.3, 0.4) is 0 Å². The highest BCUT2D eigenvalue weighted by molar-refractivity contribution is 5.74.